The van der Waals surface area contributed by atoms with Gasteiger partial charge in [-0.3, -0.25) is 9.67 Å². The molecular formula is C22H24F3N5O2. The summed E-state index contributed by atoms with van der Waals surface area (Å²) in [6, 6.07) is 6.75. The van der Waals surface area contributed by atoms with Crippen LogP contribution >= 0.6 is 0 Å². The van der Waals surface area contributed by atoms with Crippen LogP contribution in [0.15, 0.2) is 36.7 Å². The van der Waals surface area contributed by atoms with Crippen LogP contribution < -0.4 is 9.64 Å². The van der Waals surface area contributed by atoms with Gasteiger partial charge in [0, 0.05) is 31.5 Å². The second-order valence-electron chi connectivity index (χ2n) is 8.18. The summed E-state index contributed by atoms with van der Waals surface area (Å²) in [5.41, 5.74) is -0.0251. The van der Waals surface area contributed by atoms with Gasteiger partial charge in [-0.15, -0.1) is 0 Å². The summed E-state index contributed by atoms with van der Waals surface area (Å²) in [7, 11) is 0. The molecule has 0 spiro atoms. The van der Waals surface area contributed by atoms with Gasteiger partial charge in [-0.1, -0.05) is 0 Å². The maximum atomic E-state index is 12.8. The Morgan fingerprint density at radius 3 is 2.56 bits per heavy atom. The summed E-state index contributed by atoms with van der Waals surface area (Å²) >= 11 is 0. The van der Waals surface area contributed by atoms with Crippen LogP contribution in [0.25, 0.3) is 10.9 Å². The third-order valence-electron chi connectivity index (χ3n) is 6.08. The molecule has 0 bridgehead atoms. The van der Waals surface area contributed by atoms with Gasteiger partial charge in [0.1, 0.15) is 11.9 Å². The summed E-state index contributed by atoms with van der Waals surface area (Å²) < 4.78 is 51.8. The van der Waals surface area contributed by atoms with E-state index in [9.17, 15) is 13.2 Å². The number of aromatic nitrogens is 4. The fourth-order valence-electron chi connectivity index (χ4n) is 4.35. The zero-order chi connectivity index (χ0) is 22.1. The minimum absolute atomic E-state index is 0.0558. The van der Waals surface area contributed by atoms with Gasteiger partial charge in [-0.25, -0.2) is 0 Å². The second-order valence-corrected chi connectivity index (χ2v) is 8.18. The Labute approximate surface area is 183 Å². The first-order valence-electron chi connectivity index (χ1n) is 10.8. The van der Waals surface area contributed by atoms with Crippen molar-refractivity contribution in [3.63, 3.8) is 0 Å². The summed E-state index contributed by atoms with van der Waals surface area (Å²) in [5, 5.41) is 4.59. The van der Waals surface area contributed by atoms with Gasteiger partial charge >= 0.3 is 6.18 Å². The van der Waals surface area contributed by atoms with Crippen molar-refractivity contribution in [3.05, 3.63) is 42.4 Å². The van der Waals surface area contributed by atoms with Crippen molar-refractivity contribution in [2.45, 2.75) is 44.0 Å². The standard InChI is InChI=1S/C22H24F3N5O2/c23-22(24,25)19-7-9-30(28-19)15-3-5-16(6-4-15)32-21-17-2-1-8-26-18(17)14-20(27-21)29-10-12-31-13-11-29/h1-2,7-9,14-16H,3-6,10-13H2. The van der Waals surface area contributed by atoms with Crippen LogP contribution in [0.5, 0.6) is 5.88 Å². The molecule has 0 N–H and O–H groups in total. The number of pyridine rings is 2. The lowest BCUT2D eigenvalue weighted by molar-refractivity contribution is -0.141. The first kappa shape index (κ1) is 21.0. The van der Waals surface area contributed by atoms with Crippen LogP contribution in [0.3, 0.4) is 0 Å². The normalized spacial score (nSPS) is 22.3. The summed E-state index contributed by atoms with van der Waals surface area (Å²) in [5.74, 6) is 1.37. The Morgan fingerprint density at radius 2 is 1.84 bits per heavy atom. The zero-order valence-electron chi connectivity index (χ0n) is 17.5. The maximum Gasteiger partial charge on any atom is 0.435 e. The molecular weight excluding hydrogens is 423 g/mol. The van der Waals surface area contributed by atoms with Crippen molar-refractivity contribution in [2.24, 2.45) is 0 Å². The molecule has 2 fully saturated rings. The minimum Gasteiger partial charge on any atom is -0.474 e. The molecule has 7 nitrogen and oxygen atoms in total. The lowest BCUT2D eigenvalue weighted by Crippen LogP contribution is -2.36. The van der Waals surface area contributed by atoms with E-state index in [1.807, 2.05) is 18.2 Å². The fraction of sp³-hybridized carbons (Fsp3) is 0.500. The minimum atomic E-state index is -4.42. The molecule has 1 saturated heterocycles. The molecule has 0 atom stereocenters. The van der Waals surface area contributed by atoms with E-state index in [2.05, 4.69) is 15.0 Å². The highest BCUT2D eigenvalue weighted by Crippen LogP contribution is 2.35. The van der Waals surface area contributed by atoms with Crippen LogP contribution in [-0.4, -0.2) is 52.2 Å². The molecule has 0 aromatic carbocycles. The number of fused-ring (bicyclic) bond motifs is 1. The topological polar surface area (TPSA) is 65.3 Å². The highest BCUT2D eigenvalue weighted by molar-refractivity contribution is 5.85. The first-order valence-corrected chi connectivity index (χ1v) is 10.8. The van der Waals surface area contributed by atoms with Crippen molar-refractivity contribution in [1.82, 2.24) is 19.7 Å². The number of nitrogens with zero attached hydrogens (tertiary/aromatic N) is 5. The molecule has 0 amide bonds. The Hall–Kier alpha value is -2.88. The van der Waals surface area contributed by atoms with Gasteiger partial charge < -0.3 is 14.4 Å². The van der Waals surface area contributed by atoms with Crippen molar-refractivity contribution in [1.29, 1.82) is 0 Å². The molecule has 1 saturated carbocycles. The molecule has 4 heterocycles. The second kappa shape index (κ2) is 8.57. The molecule has 0 radical (unpaired) electrons. The monoisotopic (exact) mass is 447 g/mol. The number of hydrogen-bond donors (Lipinski definition) is 0. The Kier molecular flexibility index (Phi) is 5.62. The molecule has 5 rings (SSSR count). The molecule has 3 aromatic rings. The van der Waals surface area contributed by atoms with E-state index in [1.54, 1.807) is 6.20 Å². The predicted molar refractivity (Wildman–Crippen MR) is 112 cm³/mol. The SMILES string of the molecule is FC(F)(F)c1ccn(C2CCC(Oc3nc(N4CCOCC4)cc4ncccc34)CC2)n1. The van der Waals surface area contributed by atoms with Crippen LogP contribution in [0.1, 0.15) is 37.4 Å². The van der Waals surface area contributed by atoms with Gasteiger partial charge in [0.15, 0.2) is 5.69 Å². The fourth-order valence-corrected chi connectivity index (χ4v) is 4.35. The number of hydrogen-bond acceptors (Lipinski definition) is 6. The number of anilines is 1. The van der Waals surface area contributed by atoms with E-state index in [1.165, 1.54) is 10.9 Å². The van der Waals surface area contributed by atoms with Crippen LogP contribution in [0.2, 0.25) is 0 Å². The van der Waals surface area contributed by atoms with Gasteiger partial charge in [-0.2, -0.15) is 23.3 Å². The summed E-state index contributed by atoms with van der Waals surface area (Å²) in [6.07, 6.45) is 1.53. The quantitative estimate of drug-likeness (QED) is 0.596. The molecule has 1 aliphatic heterocycles. The molecule has 1 aliphatic carbocycles. The zero-order valence-corrected chi connectivity index (χ0v) is 17.5. The van der Waals surface area contributed by atoms with E-state index in [0.717, 1.165) is 48.7 Å². The number of morpholine rings is 1. The lowest BCUT2D eigenvalue weighted by Gasteiger charge is -2.30. The van der Waals surface area contributed by atoms with E-state index < -0.39 is 11.9 Å². The van der Waals surface area contributed by atoms with E-state index >= 15 is 0 Å². The van der Waals surface area contributed by atoms with Gasteiger partial charge in [0.25, 0.3) is 0 Å². The first-order chi connectivity index (χ1) is 15.5. The lowest BCUT2D eigenvalue weighted by atomic mass is 9.93. The molecule has 170 valence electrons. The Morgan fingerprint density at radius 1 is 1.06 bits per heavy atom. The van der Waals surface area contributed by atoms with Crippen LogP contribution in [0, 0.1) is 0 Å². The summed E-state index contributed by atoms with van der Waals surface area (Å²) in [6.45, 7) is 2.84. The van der Waals surface area contributed by atoms with Crippen LogP contribution in [-0.2, 0) is 10.9 Å². The van der Waals surface area contributed by atoms with E-state index in [4.69, 9.17) is 14.5 Å². The van der Waals surface area contributed by atoms with E-state index in [-0.39, 0.29) is 12.1 Å². The molecule has 3 aromatic heterocycles. The average Bonchev–Trinajstić information content (AvgIpc) is 3.31. The number of rotatable bonds is 4. The smallest absolute Gasteiger partial charge is 0.435 e. The molecule has 32 heavy (non-hydrogen) atoms. The molecule has 10 heteroatoms. The van der Waals surface area contributed by atoms with Crippen molar-refractivity contribution >= 4 is 16.7 Å². The van der Waals surface area contributed by atoms with Crippen molar-refractivity contribution in [3.8, 4) is 5.88 Å². The van der Waals surface area contributed by atoms with Crippen molar-refractivity contribution < 1.29 is 22.6 Å². The third kappa shape index (κ3) is 4.36. The predicted octanol–water partition coefficient (Wildman–Crippen LogP) is 4.24. The summed E-state index contributed by atoms with van der Waals surface area (Å²) in [4.78, 5) is 11.4. The molecule has 2 aliphatic rings. The van der Waals surface area contributed by atoms with E-state index in [0.29, 0.717) is 31.9 Å². The highest BCUT2D eigenvalue weighted by Gasteiger charge is 2.34. The van der Waals surface area contributed by atoms with Gasteiger partial charge in [0.2, 0.25) is 5.88 Å². The third-order valence-corrected chi connectivity index (χ3v) is 6.08. The Bertz CT molecular complexity index is 1070. The largest absolute Gasteiger partial charge is 0.474 e. The average molecular weight is 447 g/mol. The maximum absolute atomic E-state index is 12.8. The van der Waals surface area contributed by atoms with Crippen molar-refractivity contribution in [2.75, 3.05) is 31.2 Å². The Balaban J connectivity index is 1.30. The highest BCUT2D eigenvalue weighted by atomic mass is 19.4. The molecule has 0 unspecified atom stereocenters. The van der Waals surface area contributed by atoms with Gasteiger partial charge in [-0.05, 0) is 43.9 Å². The number of halogens is 3. The number of alkyl halides is 3. The van der Waals surface area contributed by atoms with Crippen LogP contribution in [0.4, 0.5) is 19.0 Å². The van der Waals surface area contributed by atoms with Gasteiger partial charge in [0.05, 0.1) is 30.2 Å². The number of ether oxygens (including phenoxy) is 2.